The molecule has 2 aromatic carbocycles. The second-order valence-corrected chi connectivity index (χ2v) is 10.7. The van der Waals surface area contributed by atoms with Crippen molar-refractivity contribution in [2.75, 3.05) is 33.4 Å². The van der Waals surface area contributed by atoms with Crippen molar-refractivity contribution in [3.05, 3.63) is 58.6 Å². The predicted octanol–water partition coefficient (Wildman–Crippen LogP) is 6.63. The van der Waals surface area contributed by atoms with E-state index in [2.05, 4.69) is 35.2 Å². The highest BCUT2D eigenvalue weighted by atomic mass is 35.5. The van der Waals surface area contributed by atoms with Crippen LogP contribution in [0.15, 0.2) is 42.5 Å². The smallest absolute Gasteiger partial charge is 0.410 e. The fraction of sp³-hybridized carbons (Fsp3) is 0.517. The number of hydrogen-bond acceptors (Lipinski definition) is 5. The Balaban J connectivity index is 1.94. The first-order valence-electron chi connectivity index (χ1n) is 12.9. The second-order valence-electron chi connectivity index (χ2n) is 10.3. The van der Waals surface area contributed by atoms with Crippen molar-refractivity contribution >= 4 is 23.8 Å². The zero-order chi connectivity index (χ0) is 27.0. The van der Waals surface area contributed by atoms with E-state index in [4.69, 9.17) is 21.1 Å². The third-order valence-corrected chi connectivity index (χ3v) is 6.68. The number of benzene rings is 2. The number of amides is 2. The van der Waals surface area contributed by atoms with Gasteiger partial charge in [-0.1, -0.05) is 54.9 Å². The molecule has 202 valence electrons. The van der Waals surface area contributed by atoms with E-state index in [0.29, 0.717) is 24.7 Å². The van der Waals surface area contributed by atoms with Crippen LogP contribution >= 0.6 is 11.6 Å². The maximum Gasteiger partial charge on any atom is 0.410 e. The van der Waals surface area contributed by atoms with E-state index >= 15 is 0 Å². The second kappa shape index (κ2) is 13.2. The molecule has 2 aromatic rings. The molecule has 37 heavy (non-hydrogen) atoms. The number of nitrogens with one attached hydrogen (secondary N) is 1. The summed E-state index contributed by atoms with van der Waals surface area (Å²) in [6, 6.07) is 14.2. The molecule has 0 saturated carbocycles. The van der Waals surface area contributed by atoms with E-state index in [-0.39, 0.29) is 24.7 Å². The molecule has 8 heteroatoms. The Morgan fingerprint density at radius 2 is 1.95 bits per heavy atom. The van der Waals surface area contributed by atoms with Crippen molar-refractivity contribution in [3.63, 3.8) is 0 Å². The molecule has 1 fully saturated rings. The zero-order valence-corrected chi connectivity index (χ0v) is 23.3. The minimum atomic E-state index is -0.566. The number of rotatable bonds is 8. The summed E-state index contributed by atoms with van der Waals surface area (Å²) in [5.41, 5.74) is 3.58. The average Bonchev–Trinajstić information content (AvgIpc) is 2.87. The van der Waals surface area contributed by atoms with Gasteiger partial charge in [-0.2, -0.15) is 0 Å². The highest BCUT2D eigenvalue weighted by Gasteiger charge is 2.34. The van der Waals surface area contributed by atoms with Gasteiger partial charge in [0.2, 0.25) is 0 Å². The van der Waals surface area contributed by atoms with Crippen LogP contribution in [0, 0.1) is 5.92 Å². The number of carbonyl (C=O) groups excluding carboxylic acids is 2. The molecule has 1 aliphatic rings. The van der Waals surface area contributed by atoms with Crippen molar-refractivity contribution in [1.29, 1.82) is 0 Å². The Labute approximate surface area is 225 Å². The molecule has 0 aromatic heterocycles. The average molecular weight is 531 g/mol. The molecule has 0 bridgehead atoms. The Bertz CT molecular complexity index is 1070. The topological polar surface area (TPSA) is 77.1 Å². The molecule has 1 saturated heterocycles. The summed E-state index contributed by atoms with van der Waals surface area (Å²) in [7, 11) is 1.33. The first-order chi connectivity index (χ1) is 17.6. The first-order valence-corrected chi connectivity index (χ1v) is 13.3. The SMILES string of the molecule is CCc1cccc(-c2c(Cl)cccc2[C@H](OCCNC(=O)OC)[C@@H]2CCCN(C(=O)OC(C)(C)C)C2)c1. The fourth-order valence-electron chi connectivity index (χ4n) is 4.67. The van der Waals surface area contributed by atoms with Crippen LogP contribution in [0.1, 0.15) is 57.8 Å². The normalized spacial score (nSPS) is 16.7. The van der Waals surface area contributed by atoms with Gasteiger partial charge in [0, 0.05) is 36.1 Å². The number of methoxy groups -OCH3 is 1. The van der Waals surface area contributed by atoms with Crippen molar-refractivity contribution in [1.82, 2.24) is 10.2 Å². The number of likely N-dealkylation sites (tertiary alicyclic amines) is 1. The largest absolute Gasteiger partial charge is 0.453 e. The summed E-state index contributed by atoms with van der Waals surface area (Å²) < 4.78 is 16.8. The van der Waals surface area contributed by atoms with Gasteiger partial charge < -0.3 is 24.4 Å². The van der Waals surface area contributed by atoms with Gasteiger partial charge in [0.05, 0.1) is 19.8 Å². The number of ether oxygens (including phenoxy) is 3. The first kappa shape index (κ1) is 28.8. The lowest BCUT2D eigenvalue weighted by atomic mass is 9.84. The number of halogens is 1. The molecule has 0 spiro atoms. The van der Waals surface area contributed by atoms with Crippen LogP contribution in [0.2, 0.25) is 5.02 Å². The minimum Gasteiger partial charge on any atom is -0.453 e. The van der Waals surface area contributed by atoms with Crippen molar-refractivity contribution < 1.29 is 23.8 Å². The number of aryl methyl sites for hydroxylation is 1. The van der Waals surface area contributed by atoms with Crippen LogP contribution in [0.5, 0.6) is 0 Å². The summed E-state index contributed by atoms with van der Waals surface area (Å²) >= 11 is 6.80. The third-order valence-electron chi connectivity index (χ3n) is 6.37. The summed E-state index contributed by atoms with van der Waals surface area (Å²) in [5, 5.41) is 3.32. The van der Waals surface area contributed by atoms with Gasteiger partial charge in [-0.15, -0.1) is 0 Å². The summed E-state index contributed by atoms with van der Waals surface area (Å²) in [6.45, 7) is 9.46. The molecular formula is C29H39ClN2O5. The number of carbonyl (C=O) groups is 2. The standard InChI is InChI=1S/C29H39ClN2O5/c1-6-20-10-7-11-21(18-20)25-23(13-8-14-24(25)30)26(36-17-15-31-27(33)35-5)22-12-9-16-32(19-22)28(34)37-29(2,3)4/h7-8,10-11,13-14,18,22,26H,6,9,12,15-17,19H2,1-5H3,(H,31,33)/t22-,26-/m1/s1. The number of alkyl carbamates (subject to hydrolysis) is 1. The summed E-state index contributed by atoms with van der Waals surface area (Å²) in [4.78, 5) is 26.2. The minimum absolute atomic E-state index is 0.0194. The van der Waals surface area contributed by atoms with Gasteiger partial charge in [0.1, 0.15) is 5.60 Å². The molecule has 3 rings (SSSR count). The Morgan fingerprint density at radius 1 is 1.19 bits per heavy atom. The molecule has 0 unspecified atom stereocenters. The van der Waals surface area contributed by atoms with E-state index in [1.165, 1.54) is 12.7 Å². The zero-order valence-electron chi connectivity index (χ0n) is 22.5. The van der Waals surface area contributed by atoms with Crippen molar-refractivity contribution in [3.8, 4) is 11.1 Å². The molecule has 0 radical (unpaired) electrons. The Morgan fingerprint density at radius 3 is 2.65 bits per heavy atom. The van der Waals surface area contributed by atoms with Crippen LogP contribution in [0.3, 0.4) is 0 Å². The maximum absolute atomic E-state index is 12.9. The molecule has 2 atom stereocenters. The number of hydrogen-bond donors (Lipinski definition) is 1. The van der Waals surface area contributed by atoms with Gasteiger partial charge in [-0.25, -0.2) is 9.59 Å². The number of piperidine rings is 1. The molecule has 1 N–H and O–H groups in total. The van der Waals surface area contributed by atoms with Gasteiger partial charge in [0.15, 0.2) is 0 Å². The summed E-state index contributed by atoms with van der Waals surface area (Å²) in [5.74, 6) is 0.0194. The third kappa shape index (κ3) is 8.11. The lowest BCUT2D eigenvalue weighted by Crippen LogP contribution is -2.44. The van der Waals surface area contributed by atoms with E-state index < -0.39 is 11.7 Å². The number of nitrogens with zero attached hydrogens (tertiary/aromatic N) is 1. The molecule has 1 heterocycles. The monoisotopic (exact) mass is 530 g/mol. The van der Waals surface area contributed by atoms with E-state index in [9.17, 15) is 9.59 Å². The molecule has 0 aliphatic carbocycles. The highest BCUT2D eigenvalue weighted by Crippen LogP contribution is 2.41. The van der Waals surface area contributed by atoms with E-state index in [1.807, 2.05) is 45.0 Å². The van der Waals surface area contributed by atoms with E-state index in [1.54, 1.807) is 4.90 Å². The fourth-order valence-corrected chi connectivity index (χ4v) is 4.96. The van der Waals surface area contributed by atoms with Crippen LogP contribution in [0.25, 0.3) is 11.1 Å². The maximum atomic E-state index is 12.9. The lowest BCUT2D eigenvalue weighted by molar-refractivity contribution is -0.0243. The van der Waals surface area contributed by atoms with Gasteiger partial charge in [0.25, 0.3) is 0 Å². The molecular weight excluding hydrogens is 492 g/mol. The van der Waals surface area contributed by atoms with Crippen molar-refractivity contribution in [2.45, 2.75) is 58.7 Å². The highest BCUT2D eigenvalue weighted by molar-refractivity contribution is 6.33. The van der Waals surface area contributed by atoms with Gasteiger partial charge in [-0.3, -0.25) is 0 Å². The Kier molecular flexibility index (Phi) is 10.2. The molecule has 1 aliphatic heterocycles. The van der Waals surface area contributed by atoms with Crippen LogP contribution in [-0.4, -0.2) is 56.0 Å². The van der Waals surface area contributed by atoms with Crippen LogP contribution < -0.4 is 5.32 Å². The lowest BCUT2D eigenvalue weighted by Gasteiger charge is -2.38. The predicted molar refractivity (Wildman–Crippen MR) is 146 cm³/mol. The van der Waals surface area contributed by atoms with Gasteiger partial charge in [-0.05, 0) is 62.8 Å². The van der Waals surface area contributed by atoms with Gasteiger partial charge >= 0.3 is 12.2 Å². The molecule has 7 nitrogen and oxygen atoms in total. The van der Waals surface area contributed by atoms with Crippen LogP contribution in [0.4, 0.5) is 9.59 Å². The van der Waals surface area contributed by atoms with Crippen LogP contribution in [-0.2, 0) is 20.6 Å². The summed E-state index contributed by atoms with van der Waals surface area (Å²) in [6.07, 6.45) is 1.48. The molecule has 2 amide bonds. The Hall–Kier alpha value is -2.77. The van der Waals surface area contributed by atoms with E-state index in [0.717, 1.165) is 36.0 Å². The quantitative estimate of drug-likeness (QED) is 0.387. The van der Waals surface area contributed by atoms with Crippen molar-refractivity contribution in [2.24, 2.45) is 5.92 Å².